The fourth-order valence-corrected chi connectivity index (χ4v) is 1.64. The molecule has 1 aromatic carbocycles. The third-order valence-corrected chi connectivity index (χ3v) is 2.61. The van der Waals surface area contributed by atoms with Crippen LogP contribution in [-0.2, 0) is 0 Å². The lowest BCUT2D eigenvalue weighted by molar-refractivity contribution is 0.0696. The van der Waals surface area contributed by atoms with Crippen LogP contribution in [0.2, 0.25) is 0 Å². The summed E-state index contributed by atoms with van der Waals surface area (Å²) in [5.74, 6) is 0.338. The van der Waals surface area contributed by atoms with Gasteiger partial charge in [-0.2, -0.15) is 0 Å². The highest BCUT2D eigenvalue weighted by Gasteiger charge is 2.08. The van der Waals surface area contributed by atoms with Gasteiger partial charge in [0.25, 0.3) is 0 Å². The van der Waals surface area contributed by atoms with E-state index < -0.39 is 5.97 Å². The normalized spacial score (nSPS) is 10.1. The Morgan fingerprint density at radius 3 is 2.67 bits per heavy atom. The van der Waals surface area contributed by atoms with Crippen LogP contribution in [0.3, 0.4) is 0 Å². The van der Waals surface area contributed by atoms with Crippen molar-refractivity contribution in [3.8, 4) is 11.5 Å². The number of carboxylic acids is 1. The van der Waals surface area contributed by atoms with Gasteiger partial charge in [0.1, 0.15) is 11.5 Å². The average Bonchev–Trinajstić information content (AvgIpc) is 2.32. The van der Waals surface area contributed by atoms with E-state index in [1.54, 1.807) is 37.4 Å². The molecule has 4 nitrogen and oxygen atoms in total. The van der Waals surface area contributed by atoms with Gasteiger partial charge in [0, 0.05) is 6.20 Å². The van der Waals surface area contributed by atoms with E-state index in [1.807, 2.05) is 13.0 Å². The number of rotatable bonds is 3. The predicted octanol–water partition coefficient (Wildman–Crippen LogP) is 3.19. The second-order valence-electron chi connectivity index (χ2n) is 3.97. The Balaban J connectivity index is 2.29. The molecule has 92 valence electrons. The number of aromatic carboxylic acids is 1. The maximum Gasteiger partial charge on any atom is 0.335 e. The number of ether oxygens (including phenoxy) is 1. The number of aryl methyl sites for hydroxylation is 2. The van der Waals surface area contributed by atoms with Crippen LogP contribution in [0.25, 0.3) is 0 Å². The lowest BCUT2D eigenvalue weighted by atomic mass is 10.1. The van der Waals surface area contributed by atoms with Crippen LogP contribution < -0.4 is 4.74 Å². The molecule has 0 atom stereocenters. The van der Waals surface area contributed by atoms with Crippen molar-refractivity contribution in [3.05, 3.63) is 53.3 Å². The van der Waals surface area contributed by atoms with Crippen LogP contribution in [0, 0.1) is 13.8 Å². The molecule has 4 heteroatoms. The molecule has 0 saturated heterocycles. The Morgan fingerprint density at radius 2 is 2.06 bits per heavy atom. The van der Waals surface area contributed by atoms with E-state index in [0.29, 0.717) is 17.1 Å². The second kappa shape index (κ2) is 4.87. The number of benzene rings is 1. The van der Waals surface area contributed by atoms with E-state index in [9.17, 15) is 4.79 Å². The summed E-state index contributed by atoms with van der Waals surface area (Å²) in [4.78, 5) is 15.0. The van der Waals surface area contributed by atoms with Crippen LogP contribution in [0.15, 0.2) is 36.5 Å². The third kappa shape index (κ3) is 2.48. The first-order valence-electron chi connectivity index (χ1n) is 5.51. The minimum absolute atomic E-state index is 0.283. The summed E-state index contributed by atoms with van der Waals surface area (Å²) in [5, 5.41) is 8.94. The van der Waals surface area contributed by atoms with Gasteiger partial charge >= 0.3 is 5.97 Å². The molecule has 1 heterocycles. The molecule has 0 bridgehead atoms. The molecule has 0 unspecified atom stereocenters. The molecule has 0 saturated carbocycles. The highest BCUT2D eigenvalue weighted by Crippen LogP contribution is 2.25. The summed E-state index contributed by atoms with van der Waals surface area (Å²) >= 11 is 0. The molecule has 0 spiro atoms. The Bertz CT molecular complexity index is 593. The Kier molecular flexibility index (Phi) is 3.28. The van der Waals surface area contributed by atoms with Crippen LogP contribution in [0.4, 0.5) is 0 Å². The van der Waals surface area contributed by atoms with Gasteiger partial charge in [-0.1, -0.05) is 0 Å². The minimum Gasteiger partial charge on any atom is -0.478 e. The predicted molar refractivity (Wildman–Crippen MR) is 67.2 cm³/mol. The van der Waals surface area contributed by atoms with E-state index in [2.05, 4.69) is 4.98 Å². The van der Waals surface area contributed by atoms with Crippen molar-refractivity contribution < 1.29 is 14.6 Å². The van der Waals surface area contributed by atoms with E-state index in [1.165, 1.54) is 0 Å². The molecule has 0 aliphatic carbocycles. The first-order chi connectivity index (χ1) is 8.58. The molecule has 18 heavy (non-hydrogen) atoms. The van der Waals surface area contributed by atoms with Crippen molar-refractivity contribution in [3.63, 3.8) is 0 Å². The van der Waals surface area contributed by atoms with E-state index in [-0.39, 0.29) is 5.56 Å². The monoisotopic (exact) mass is 243 g/mol. The van der Waals surface area contributed by atoms with Crippen LogP contribution in [0.5, 0.6) is 11.5 Å². The maximum absolute atomic E-state index is 10.9. The second-order valence-corrected chi connectivity index (χ2v) is 3.97. The molecule has 0 aliphatic heterocycles. The number of pyridine rings is 1. The summed E-state index contributed by atoms with van der Waals surface area (Å²) in [5.41, 5.74) is 1.74. The summed E-state index contributed by atoms with van der Waals surface area (Å²) in [7, 11) is 0. The van der Waals surface area contributed by atoms with Gasteiger partial charge in [0.2, 0.25) is 0 Å². The number of carbonyl (C=O) groups is 1. The lowest BCUT2D eigenvalue weighted by Crippen LogP contribution is -1.99. The van der Waals surface area contributed by atoms with Crippen LogP contribution >= 0.6 is 0 Å². The standard InChI is InChI=1S/C14H13NO3/c1-9-8-11(5-6-12(9)14(16)17)18-13-4-3-7-15-10(13)2/h3-8H,1-2H3,(H,16,17). The zero-order chi connectivity index (χ0) is 13.1. The van der Waals surface area contributed by atoms with Gasteiger partial charge in [-0.25, -0.2) is 4.79 Å². The summed E-state index contributed by atoms with van der Waals surface area (Å²) in [6.45, 7) is 3.60. The summed E-state index contributed by atoms with van der Waals surface area (Å²) in [6, 6.07) is 8.50. The third-order valence-electron chi connectivity index (χ3n) is 2.61. The van der Waals surface area contributed by atoms with Gasteiger partial charge in [-0.3, -0.25) is 4.98 Å². The number of nitrogens with zero attached hydrogens (tertiary/aromatic N) is 1. The van der Waals surface area contributed by atoms with Gasteiger partial charge in [0.05, 0.1) is 11.3 Å². The first-order valence-corrected chi connectivity index (χ1v) is 5.51. The molecule has 0 fully saturated rings. The highest BCUT2D eigenvalue weighted by atomic mass is 16.5. The van der Waals surface area contributed by atoms with Crippen molar-refractivity contribution >= 4 is 5.97 Å². The summed E-state index contributed by atoms with van der Waals surface area (Å²) < 4.78 is 5.67. The number of carboxylic acid groups (broad SMARTS) is 1. The van der Waals surface area contributed by atoms with Crippen LogP contribution in [-0.4, -0.2) is 16.1 Å². The topological polar surface area (TPSA) is 59.4 Å². The zero-order valence-corrected chi connectivity index (χ0v) is 10.2. The fraction of sp³-hybridized carbons (Fsp3) is 0.143. The lowest BCUT2D eigenvalue weighted by Gasteiger charge is -2.09. The van der Waals surface area contributed by atoms with Gasteiger partial charge < -0.3 is 9.84 Å². The molecule has 2 rings (SSSR count). The molecule has 0 amide bonds. The molecule has 1 N–H and O–H groups in total. The first kappa shape index (κ1) is 12.1. The van der Waals surface area contributed by atoms with Gasteiger partial charge in [0.15, 0.2) is 0 Å². The minimum atomic E-state index is -0.934. The molecular weight excluding hydrogens is 230 g/mol. The van der Waals surface area contributed by atoms with E-state index in [4.69, 9.17) is 9.84 Å². The zero-order valence-electron chi connectivity index (χ0n) is 10.2. The van der Waals surface area contributed by atoms with Crippen molar-refractivity contribution in [2.45, 2.75) is 13.8 Å². The number of hydrogen-bond acceptors (Lipinski definition) is 3. The number of hydrogen-bond donors (Lipinski definition) is 1. The van der Waals surface area contributed by atoms with Crippen molar-refractivity contribution in [2.75, 3.05) is 0 Å². The highest BCUT2D eigenvalue weighted by molar-refractivity contribution is 5.89. The van der Waals surface area contributed by atoms with Crippen LogP contribution in [0.1, 0.15) is 21.6 Å². The number of aromatic nitrogens is 1. The van der Waals surface area contributed by atoms with Crippen molar-refractivity contribution in [1.29, 1.82) is 0 Å². The molecule has 2 aromatic rings. The molecule has 0 radical (unpaired) electrons. The maximum atomic E-state index is 10.9. The quantitative estimate of drug-likeness (QED) is 0.899. The SMILES string of the molecule is Cc1cc(Oc2cccnc2C)ccc1C(=O)O. The van der Waals surface area contributed by atoms with Gasteiger partial charge in [-0.05, 0) is 49.7 Å². The summed E-state index contributed by atoms with van der Waals surface area (Å²) in [6.07, 6.45) is 1.70. The molecule has 0 aliphatic rings. The van der Waals surface area contributed by atoms with Crippen molar-refractivity contribution in [1.82, 2.24) is 4.98 Å². The average molecular weight is 243 g/mol. The Hall–Kier alpha value is -2.36. The smallest absolute Gasteiger partial charge is 0.335 e. The molecular formula is C14H13NO3. The van der Waals surface area contributed by atoms with E-state index in [0.717, 1.165) is 5.69 Å². The van der Waals surface area contributed by atoms with E-state index >= 15 is 0 Å². The van der Waals surface area contributed by atoms with Gasteiger partial charge in [-0.15, -0.1) is 0 Å². The Morgan fingerprint density at radius 1 is 1.28 bits per heavy atom. The van der Waals surface area contributed by atoms with Crippen molar-refractivity contribution in [2.24, 2.45) is 0 Å². The largest absolute Gasteiger partial charge is 0.478 e. The Labute approximate surface area is 105 Å². The fourth-order valence-electron chi connectivity index (χ4n) is 1.64. The molecule has 1 aromatic heterocycles.